The molecule has 0 radical (unpaired) electrons. The van der Waals surface area contributed by atoms with Crippen molar-refractivity contribution in [3.63, 3.8) is 0 Å². The van der Waals surface area contributed by atoms with Gasteiger partial charge in [-0.15, -0.1) is 0 Å². The van der Waals surface area contributed by atoms with E-state index in [1.54, 1.807) is 7.05 Å². The molecule has 0 spiro atoms. The van der Waals surface area contributed by atoms with Crippen LogP contribution in [0.2, 0.25) is 0 Å². The summed E-state index contributed by atoms with van der Waals surface area (Å²) in [4.78, 5) is 0.104. The molecule has 0 amide bonds. The Morgan fingerprint density at radius 2 is 1.59 bits per heavy atom. The standard InChI is InChI=1S/C17H20FNO2S/c1-13-4-6-15(7-5-13)12-14(2)19(3)22(20,21)17-10-8-16(18)9-11-17/h4-11,14H,12H2,1-3H3. The van der Waals surface area contributed by atoms with E-state index in [1.165, 1.54) is 22.0 Å². The first-order valence-corrected chi connectivity index (χ1v) is 8.54. The molecule has 0 heterocycles. The number of sulfonamides is 1. The van der Waals surface area contributed by atoms with Gasteiger partial charge in [-0.1, -0.05) is 29.8 Å². The van der Waals surface area contributed by atoms with Crippen molar-refractivity contribution in [3.8, 4) is 0 Å². The lowest BCUT2D eigenvalue weighted by atomic mass is 10.1. The maximum Gasteiger partial charge on any atom is 0.243 e. The number of benzene rings is 2. The third-order valence-electron chi connectivity index (χ3n) is 3.76. The average Bonchev–Trinajstić information content (AvgIpc) is 2.49. The van der Waals surface area contributed by atoms with Gasteiger partial charge in [0, 0.05) is 13.1 Å². The fourth-order valence-corrected chi connectivity index (χ4v) is 3.56. The van der Waals surface area contributed by atoms with Crippen LogP contribution in [-0.4, -0.2) is 25.8 Å². The molecule has 3 nitrogen and oxygen atoms in total. The Balaban J connectivity index is 2.16. The molecule has 0 aliphatic carbocycles. The fourth-order valence-electron chi connectivity index (χ4n) is 2.20. The minimum atomic E-state index is -3.62. The van der Waals surface area contributed by atoms with Crippen LogP contribution in [0.1, 0.15) is 18.1 Å². The van der Waals surface area contributed by atoms with Crippen LogP contribution in [0.5, 0.6) is 0 Å². The van der Waals surface area contributed by atoms with Crippen LogP contribution in [0.15, 0.2) is 53.4 Å². The second-order valence-electron chi connectivity index (χ2n) is 5.51. The third kappa shape index (κ3) is 3.72. The Morgan fingerprint density at radius 3 is 2.14 bits per heavy atom. The van der Waals surface area contributed by atoms with Gasteiger partial charge in [-0.2, -0.15) is 4.31 Å². The summed E-state index contributed by atoms with van der Waals surface area (Å²) >= 11 is 0. The largest absolute Gasteiger partial charge is 0.243 e. The summed E-state index contributed by atoms with van der Waals surface area (Å²) in [5.41, 5.74) is 2.25. The van der Waals surface area contributed by atoms with Crippen molar-refractivity contribution in [3.05, 3.63) is 65.5 Å². The highest BCUT2D eigenvalue weighted by molar-refractivity contribution is 7.89. The summed E-state index contributed by atoms with van der Waals surface area (Å²) in [6.45, 7) is 3.87. The number of rotatable bonds is 5. The molecule has 0 N–H and O–H groups in total. The van der Waals surface area contributed by atoms with E-state index >= 15 is 0 Å². The van der Waals surface area contributed by atoms with Crippen LogP contribution < -0.4 is 0 Å². The molecule has 5 heteroatoms. The maximum absolute atomic E-state index is 12.9. The summed E-state index contributed by atoms with van der Waals surface area (Å²) in [6.07, 6.45) is 0.622. The van der Waals surface area contributed by atoms with Crippen LogP contribution in [0.25, 0.3) is 0 Å². The lowest BCUT2D eigenvalue weighted by molar-refractivity contribution is 0.387. The molecule has 0 fully saturated rings. The number of hydrogen-bond donors (Lipinski definition) is 0. The summed E-state index contributed by atoms with van der Waals surface area (Å²) in [7, 11) is -2.06. The lowest BCUT2D eigenvalue weighted by Crippen LogP contribution is -2.36. The molecular weight excluding hydrogens is 301 g/mol. The Morgan fingerprint density at radius 1 is 1.05 bits per heavy atom. The second-order valence-corrected chi connectivity index (χ2v) is 7.51. The highest BCUT2D eigenvalue weighted by atomic mass is 32.2. The first-order valence-electron chi connectivity index (χ1n) is 7.10. The molecule has 1 atom stereocenters. The minimum absolute atomic E-state index is 0.104. The molecule has 0 aromatic heterocycles. The van der Waals surface area contributed by atoms with Gasteiger partial charge in [-0.3, -0.25) is 0 Å². The Bertz CT molecular complexity index is 724. The second kappa shape index (κ2) is 6.58. The predicted molar refractivity (Wildman–Crippen MR) is 85.7 cm³/mol. The molecule has 2 rings (SSSR count). The number of nitrogens with zero attached hydrogens (tertiary/aromatic N) is 1. The molecule has 22 heavy (non-hydrogen) atoms. The van der Waals surface area contributed by atoms with Crippen LogP contribution in [0.3, 0.4) is 0 Å². The molecule has 118 valence electrons. The van der Waals surface area contributed by atoms with Gasteiger partial charge in [0.2, 0.25) is 10.0 Å². The molecule has 2 aromatic carbocycles. The number of hydrogen-bond acceptors (Lipinski definition) is 2. The van der Waals surface area contributed by atoms with Crippen molar-refractivity contribution >= 4 is 10.0 Å². The molecule has 0 bridgehead atoms. The van der Waals surface area contributed by atoms with Crippen molar-refractivity contribution in [2.24, 2.45) is 0 Å². The molecular formula is C17H20FNO2S. The van der Waals surface area contributed by atoms with E-state index in [4.69, 9.17) is 0 Å². The first-order chi connectivity index (χ1) is 10.3. The van der Waals surface area contributed by atoms with Crippen LogP contribution in [-0.2, 0) is 16.4 Å². The molecule has 0 aliphatic heterocycles. The van der Waals surface area contributed by atoms with Gasteiger partial charge in [-0.05, 0) is 50.1 Å². The Hall–Kier alpha value is -1.72. The van der Waals surface area contributed by atoms with E-state index in [1.807, 2.05) is 38.1 Å². The fraction of sp³-hybridized carbons (Fsp3) is 0.294. The van der Waals surface area contributed by atoms with E-state index in [0.29, 0.717) is 6.42 Å². The number of likely N-dealkylation sites (N-methyl/N-ethyl adjacent to an activating group) is 1. The van der Waals surface area contributed by atoms with Crippen molar-refractivity contribution in [1.82, 2.24) is 4.31 Å². The molecule has 0 saturated carbocycles. The maximum atomic E-state index is 12.9. The summed E-state index contributed by atoms with van der Waals surface area (Å²) in [5.74, 6) is -0.450. The highest BCUT2D eigenvalue weighted by Gasteiger charge is 2.25. The SMILES string of the molecule is Cc1ccc(CC(C)N(C)S(=O)(=O)c2ccc(F)cc2)cc1. The smallest absolute Gasteiger partial charge is 0.207 e. The monoisotopic (exact) mass is 321 g/mol. The van der Waals surface area contributed by atoms with Crippen molar-refractivity contribution in [1.29, 1.82) is 0 Å². The van der Waals surface area contributed by atoms with Gasteiger partial charge in [-0.25, -0.2) is 12.8 Å². The zero-order valence-corrected chi connectivity index (χ0v) is 13.8. The number of halogens is 1. The van der Waals surface area contributed by atoms with E-state index in [2.05, 4.69) is 0 Å². The lowest BCUT2D eigenvalue weighted by Gasteiger charge is -2.24. The van der Waals surface area contributed by atoms with Crippen molar-refractivity contribution in [2.45, 2.75) is 31.2 Å². The topological polar surface area (TPSA) is 37.4 Å². The zero-order valence-electron chi connectivity index (χ0n) is 13.0. The van der Waals surface area contributed by atoms with Gasteiger partial charge in [0.05, 0.1) is 4.90 Å². The normalized spacial score (nSPS) is 13.3. The summed E-state index contributed by atoms with van der Waals surface area (Å²) < 4.78 is 39.3. The molecule has 0 aliphatic rings. The van der Waals surface area contributed by atoms with Gasteiger partial charge < -0.3 is 0 Å². The van der Waals surface area contributed by atoms with Gasteiger partial charge >= 0.3 is 0 Å². The number of aryl methyl sites for hydroxylation is 1. The van der Waals surface area contributed by atoms with E-state index < -0.39 is 15.8 Å². The zero-order chi connectivity index (χ0) is 16.3. The van der Waals surface area contributed by atoms with Gasteiger partial charge in [0.1, 0.15) is 5.82 Å². The molecule has 1 unspecified atom stereocenters. The first kappa shape index (κ1) is 16.6. The van der Waals surface area contributed by atoms with Crippen LogP contribution in [0, 0.1) is 12.7 Å². The predicted octanol–water partition coefficient (Wildman–Crippen LogP) is 3.39. The Kier molecular flexibility index (Phi) is 4.98. The summed E-state index contributed by atoms with van der Waals surface area (Å²) in [6, 6.07) is 12.7. The van der Waals surface area contributed by atoms with Gasteiger partial charge in [0.25, 0.3) is 0 Å². The minimum Gasteiger partial charge on any atom is -0.207 e. The van der Waals surface area contributed by atoms with E-state index in [0.717, 1.165) is 17.7 Å². The van der Waals surface area contributed by atoms with Crippen molar-refractivity contribution < 1.29 is 12.8 Å². The molecule has 2 aromatic rings. The highest BCUT2D eigenvalue weighted by Crippen LogP contribution is 2.19. The van der Waals surface area contributed by atoms with Crippen LogP contribution >= 0.6 is 0 Å². The van der Waals surface area contributed by atoms with Crippen molar-refractivity contribution in [2.75, 3.05) is 7.05 Å². The Labute approximate surface area is 131 Å². The average molecular weight is 321 g/mol. The van der Waals surface area contributed by atoms with Crippen LogP contribution in [0.4, 0.5) is 4.39 Å². The van der Waals surface area contributed by atoms with E-state index in [-0.39, 0.29) is 10.9 Å². The third-order valence-corrected chi connectivity index (χ3v) is 5.75. The molecule has 0 saturated heterocycles. The summed E-state index contributed by atoms with van der Waals surface area (Å²) in [5, 5.41) is 0. The van der Waals surface area contributed by atoms with Gasteiger partial charge in [0.15, 0.2) is 0 Å². The van der Waals surface area contributed by atoms with E-state index in [9.17, 15) is 12.8 Å². The quantitative estimate of drug-likeness (QED) is 0.846.